The standard InChI is InChI=1S/C13H23N3/c1-4-12-9(2)15-13(16-12)10(3)14-8-11-6-5-7-11/h10-11,14H,4-8H2,1-3H3,(H,15,16). The van der Waals surface area contributed by atoms with E-state index in [0.717, 1.165) is 24.7 Å². The predicted molar refractivity (Wildman–Crippen MR) is 66.5 cm³/mol. The van der Waals surface area contributed by atoms with Gasteiger partial charge in [-0.3, -0.25) is 0 Å². The zero-order valence-corrected chi connectivity index (χ0v) is 10.6. The van der Waals surface area contributed by atoms with E-state index < -0.39 is 0 Å². The van der Waals surface area contributed by atoms with Gasteiger partial charge in [0.05, 0.1) is 11.7 Å². The minimum absolute atomic E-state index is 0.347. The van der Waals surface area contributed by atoms with Crippen LogP contribution in [0.3, 0.4) is 0 Å². The quantitative estimate of drug-likeness (QED) is 0.802. The lowest BCUT2D eigenvalue weighted by atomic mass is 9.85. The monoisotopic (exact) mass is 221 g/mol. The largest absolute Gasteiger partial charge is 0.345 e. The third kappa shape index (κ3) is 2.46. The number of aryl methyl sites for hydroxylation is 2. The van der Waals surface area contributed by atoms with Crippen molar-refractivity contribution in [3.05, 3.63) is 17.2 Å². The molecule has 3 heteroatoms. The molecule has 1 fully saturated rings. The van der Waals surface area contributed by atoms with Crippen LogP contribution in [0.2, 0.25) is 0 Å². The van der Waals surface area contributed by atoms with Crippen molar-refractivity contribution in [2.24, 2.45) is 5.92 Å². The molecule has 90 valence electrons. The molecule has 1 aromatic rings. The van der Waals surface area contributed by atoms with Gasteiger partial charge in [-0.1, -0.05) is 13.3 Å². The van der Waals surface area contributed by atoms with Crippen LogP contribution in [0, 0.1) is 12.8 Å². The Hall–Kier alpha value is -0.830. The number of nitrogens with zero attached hydrogens (tertiary/aromatic N) is 1. The van der Waals surface area contributed by atoms with Gasteiger partial charge >= 0.3 is 0 Å². The predicted octanol–water partition coefficient (Wildman–Crippen LogP) is 2.73. The Morgan fingerprint density at radius 2 is 2.25 bits per heavy atom. The summed E-state index contributed by atoms with van der Waals surface area (Å²) in [4.78, 5) is 8.01. The van der Waals surface area contributed by atoms with E-state index >= 15 is 0 Å². The van der Waals surface area contributed by atoms with Crippen LogP contribution in [0.25, 0.3) is 0 Å². The Kier molecular flexibility index (Phi) is 3.64. The van der Waals surface area contributed by atoms with Gasteiger partial charge in [0.2, 0.25) is 0 Å². The van der Waals surface area contributed by atoms with Crippen LogP contribution in [0.1, 0.15) is 56.4 Å². The smallest absolute Gasteiger partial charge is 0.123 e. The van der Waals surface area contributed by atoms with Crippen molar-refractivity contribution in [1.82, 2.24) is 15.3 Å². The zero-order valence-electron chi connectivity index (χ0n) is 10.6. The Morgan fingerprint density at radius 3 is 2.75 bits per heavy atom. The molecule has 0 amide bonds. The van der Waals surface area contributed by atoms with E-state index in [4.69, 9.17) is 0 Å². The molecule has 1 atom stereocenters. The number of H-pyrrole nitrogens is 1. The van der Waals surface area contributed by atoms with Gasteiger partial charge < -0.3 is 10.3 Å². The summed E-state index contributed by atoms with van der Waals surface area (Å²) in [5, 5.41) is 3.57. The molecular formula is C13H23N3. The molecule has 0 aromatic carbocycles. The summed E-state index contributed by atoms with van der Waals surface area (Å²) in [7, 11) is 0. The highest BCUT2D eigenvalue weighted by Gasteiger charge is 2.19. The van der Waals surface area contributed by atoms with Gasteiger partial charge in [0.1, 0.15) is 5.82 Å². The minimum Gasteiger partial charge on any atom is -0.345 e. The van der Waals surface area contributed by atoms with Gasteiger partial charge in [0, 0.05) is 5.69 Å². The normalized spacial score (nSPS) is 18.4. The third-order valence-electron chi connectivity index (χ3n) is 3.69. The van der Waals surface area contributed by atoms with Crippen LogP contribution in [0.5, 0.6) is 0 Å². The van der Waals surface area contributed by atoms with Crippen molar-refractivity contribution in [1.29, 1.82) is 0 Å². The van der Waals surface area contributed by atoms with E-state index in [2.05, 4.69) is 36.1 Å². The van der Waals surface area contributed by atoms with Gasteiger partial charge in [-0.2, -0.15) is 0 Å². The van der Waals surface area contributed by atoms with Crippen molar-refractivity contribution >= 4 is 0 Å². The first-order chi connectivity index (χ1) is 7.70. The van der Waals surface area contributed by atoms with Crippen molar-refractivity contribution in [3.8, 4) is 0 Å². The SMILES string of the molecule is CCc1nc(C(C)NCC2CCC2)[nH]c1C. The summed E-state index contributed by atoms with van der Waals surface area (Å²) < 4.78 is 0. The highest BCUT2D eigenvalue weighted by Crippen LogP contribution is 2.26. The van der Waals surface area contributed by atoms with Gasteiger partial charge in [-0.15, -0.1) is 0 Å². The first kappa shape index (κ1) is 11.6. The number of nitrogens with one attached hydrogen (secondary N) is 2. The Morgan fingerprint density at radius 1 is 1.50 bits per heavy atom. The number of imidazole rings is 1. The van der Waals surface area contributed by atoms with E-state index in [9.17, 15) is 0 Å². The molecule has 1 aromatic heterocycles. The van der Waals surface area contributed by atoms with E-state index in [1.165, 1.54) is 30.7 Å². The molecule has 0 aliphatic heterocycles. The first-order valence-electron chi connectivity index (χ1n) is 6.49. The molecule has 16 heavy (non-hydrogen) atoms. The molecule has 0 radical (unpaired) electrons. The number of hydrogen-bond acceptors (Lipinski definition) is 2. The molecule has 1 heterocycles. The maximum Gasteiger partial charge on any atom is 0.123 e. The fourth-order valence-electron chi connectivity index (χ4n) is 2.21. The Bertz CT molecular complexity index is 339. The molecule has 0 bridgehead atoms. The maximum absolute atomic E-state index is 4.63. The van der Waals surface area contributed by atoms with Crippen LogP contribution in [-0.4, -0.2) is 16.5 Å². The lowest BCUT2D eigenvalue weighted by Gasteiger charge is -2.26. The molecule has 1 aliphatic rings. The molecule has 2 rings (SSSR count). The lowest BCUT2D eigenvalue weighted by Crippen LogP contribution is -2.29. The topological polar surface area (TPSA) is 40.7 Å². The molecule has 0 saturated heterocycles. The van der Waals surface area contributed by atoms with E-state index in [-0.39, 0.29) is 0 Å². The summed E-state index contributed by atoms with van der Waals surface area (Å²) in [6, 6.07) is 0.347. The maximum atomic E-state index is 4.63. The van der Waals surface area contributed by atoms with Crippen LogP contribution >= 0.6 is 0 Å². The van der Waals surface area contributed by atoms with Gasteiger partial charge in [0.15, 0.2) is 0 Å². The lowest BCUT2D eigenvalue weighted by molar-refractivity contribution is 0.291. The Balaban J connectivity index is 1.88. The minimum atomic E-state index is 0.347. The van der Waals surface area contributed by atoms with Gasteiger partial charge in [-0.25, -0.2) is 4.98 Å². The second-order valence-corrected chi connectivity index (χ2v) is 4.97. The fourth-order valence-corrected chi connectivity index (χ4v) is 2.21. The van der Waals surface area contributed by atoms with Crippen molar-refractivity contribution in [3.63, 3.8) is 0 Å². The highest BCUT2D eigenvalue weighted by molar-refractivity contribution is 5.14. The number of rotatable bonds is 5. The number of aromatic nitrogens is 2. The van der Waals surface area contributed by atoms with Gasteiger partial charge in [0.25, 0.3) is 0 Å². The molecule has 1 saturated carbocycles. The molecule has 1 unspecified atom stereocenters. The molecule has 3 nitrogen and oxygen atoms in total. The summed E-state index contributed by atoms with van der Waals surface area (Å²) in [5.41, 5.74) is 2.42. The van der Waals surface area contributed by atoms with E-state index in [1.807, 2.05) is 0 Å². The molecule has 1 aliphatic carbocycles. The van der Waals surface area contributed by atoms with Crippen LogP contribution in [0.4, 0.5) is 0 Å². The highest BCUT2D eigenvalue weighted by atomic mass is 15.0. The molecule has 0 spiro atoms. The third-order valence-corrected chi connectivity index (χ3v) is 3.69. The average Bonchev–Trinajstić information content (AvgIpc) is 2.57. The second kappa shape index (κ2) is 5.00. The van der Waals surface area contributed by atoms with Crippen molar-refractivity contribution in [2.75, 3.05) is 6.54 Å². The summed E-state index contributed by atoms with van der Waals surface area (Å²) in [6.45, 7) is 7.59. The van der Waals surface area contributed by atoms with Crippen molar-refractivity contribution < 1.29 is 0 Å². The molecule has 2 N–H and O–H groups in total. The average molecular weight is 221 g/mol. The fraction of sp³-hybridized carbons (Fsp3) is 0.769. The molecular weight excluding hydrogens is 198 g/mol. The summed E-state index contributed by atoms with van der Waals surface area (Å²) >= 11 is 0. The first-order valence-corrected chi connectivity index (χ1v) is 6.49. The van der Waals surface area contributed by atoms with Gasteiger partial charge in [-0.05, 0) is 45.6 Å². The zero-order chi connectivity index (χ0) is 11.5. The number of hydrogen-bond donors (Lipinski definition) is 2. The summed E-state index contributed by atoms with van der Waals surface area (Å²) in [5.74, 6) is 2.00. The second-order valence-electron chi connectivity index (χ2n) is 4.97. The Labute approximate surface area is 98.1 Å². The summed E-state index contributed by atoms with van der Waals surface area (Å²) in [6.07, 6.45) is 5.23. The van der Waals surface area contributed by atoms with E-state index in [0.29, 0.717) is 6.04 Å². The van der Waals surface area contributed by atoms with Crippen molar-refractivity contribution in [2.45, 2.75) is 52.5 Å². The van der Waals surface area contributed by atoms with Crippen LogP contribution in [0.15, 0.2) is 0 Å². The van der Waals surface area contributed by atoms with E-state index in [1.54, 1.807) is 0 Å². The number of aromatic amines is 1. The van der Waals surface area contributed by atoms with Crippen LogP contribution in [-0.2, 0) is 6.42 Å². The van der Waals surface area contributed by atoms with Crippen LogP contribution < -0.4 is 5.32 Å².